The van der Waals surface area contributed by atoms with Crippen molar-refractivity contribution >= 4 is 16.9 Å². The number of aromatic nitrogens is 1. The van der Waals surface area contributed by atoms with E-state index in [-0.39, 0.29) is 6.42 Å². The molecule has 0 radical (unpaired) electrons. The van der Waals surface area contributed by atoms with Gasteiger partial charge < -0.3 is 19.2 Å². The predicted octanol–water partition coefficient (Wildman–Crippen LogP) is 1.10. The number of aliphatic carboxylic acids is 1. The second-order valence-electron chi connectivity index (χ2n) is 3.98. The molecule has 0 aliphatic carbocycles. The Labute approximate surface area is 99.4 Å². The summed E-state index contributed by atoms with van der Waals surface area (Å²) in [5.74, 6) is -0.227. The Balaban J connectivity index is 2.41. The van der Waals surface area contributed by atoms with E-state index in [9.17, 15) is 9.90 Å². The third kappa shape index (κ3) is 2.25. The number of benzene rings is 1. The lowest BCUT2D eigenvalue weighted by molar-refractivity contribution is -0.305. The molecule has 0 bridgehead atoms. The molecule has 4 nitrogen and oxygen atoms in total. The fourth-order valence-electron chi connectivity index (χ4n) is 2.01. The summed E-state index contributed by atoms with van der Waals surface area (Å²) in [7, 11) is 1.63. The minimum absolute atomic E-state index is 0.0245. The Morgan fingerprint density at radius 2 is 2.18 bits per heavy atom. The average Bonchev–Trinajstić information content (AvgIpc) is 2.60. The number of carboxylic acids is 1. The molecule has 0 spiro atoms. The molecule has 0 fully saturated rings. The summed E-state index contributed by atoms with van der Waals surface area (Å²) in [6.45, 7) is 2.39. The molecule has 1 aromatic heterocycles. The molecule has 0 unspecified atom stereocenters. The van der Waals surface area contributed by atoms with Crippen LogP contribution in [0.1, 0.15) is 12.1 Å². The minimum atomic E-state index is -1.03. The fraction of sp³-hybridized carbons (Fsp3) is 0.308. The highest BCUT2D eigenvalue weighted by molar-refractivity contribution is 5.83. The van der Waals surface area contributed by atoms with Gasteiger partial charge in [0.25, 0.3) is 0 Å². The zero-order valence-electron chi connectivity index (χ0n) is 9.90. The average molecular weight is 232 g/mol. The van der Waals surface area contributed by atoms with Gasteiger partial charge in [-0.05, 0) is 31.2 Å². The van der Waals surface area contributed by atoms with Crippen LogP contribution in [-0.4, -0.2) is 17.6 Å². The highest BCUT2D eigenvalue weighted by Gasteiger charge is 2.06. The molecule has 1 aromatic carbocycles. The van der Waals surface area contributed by atoms with Crippen LogP contribution in [0.2, 0.25) is 0 Å². The summed E-state index contributed by atoms with van der Waals surface area (Å²) < 4.78 is 7.13. The highest BCUT2D eigenvalue weighted by Crippen LogP contribution is 2.24. The molecule has 0 N–H and O–H groups in total. The van der Waals surface area contributed by atoms with Gasteiger partial charge in [0.2, 0.25) is 0 Å². The van der Waals surface area contributed by atoms with Gasteiger partial charge in [-0.2, -0.15) is 0 Å². The zero-order valence-corrected chi connectivity index (χ0v) is 9.90. The maximum atomic E-state index is 10.5. The number of ether oxygens (including phenoxy) is 1. The lowest BCUT2D eigenvalue weighted by Gasteiger charge is -2.09. The number of aryl methyl sites for hydroxylation is 2. The third-order valence-corrected chi connectivity index (χ3v) is 2.86. The first-order valence-corrected chi connectivity index (χ1v) is 5.45. The van der Waals surface area contributed by atoms with Crippen LogP contribution < -0.4 is 9.84 Å². The molecule has 1 heterocycles. The van der Waals surface area contributed by atoms with Gasteiger partial charge in [0.05, 0.1) is 7.11 Å². The van der Waals surface area contributed by atoms with Crippen molar-refractivity contribution in [1.29, 1.82) is 0 Å². The summed E-state index contributed by atoms with van der Waals surface area (Å²) in [6.07, 6.45) is 0.0245. The minimum Gasteiger partial charge on any atom is -0.550 e. The van der Waals surface area contributed by atoms with E-state index < -0.39 is 5.97 Å². The van der Waals surface area contributed by atoms with Crippen LogP contribution in [0.3, 0.4) is 0 Å². The van der Waals surface area contributed by atoms with Gasteiger partial charge in [0, 0.05) is 35.5 Å². The Morgan fingerprint density at radius 1 is 1.41 bits per heavy atom. The smallest absolute Gasteiger partial charge is 0.119 e. The van der Waals surface area contributed by atoms with E-state index in [1.165, 1.54) is 0 Å². The van der Waals surface area contributed by atoms with Crippen molar-refractivity contribution in [2.24, 2.45) is 0 Å². The van der Waals surface area contributed by atoms with E-state index in [0.29, 0.717) is 6.54 Å². The van der Waals surface area contributed by atoms with E-state index in [2.05, 4.69) is 0 Å². The van der Waals surface area contributed by atoms with Crippen molar-refractivity contribution in [3.05, 3.63) is 30.0 Å². The van der Waals surface area contributed by atoms with Crippen molar-refractivity contribution in [3.63, 3.8) is 0 Å². The van der Waals surface area contributed by atoms with E-state index in [1.54, 1.807) is 7.11 Å². The summed E-state index contributed by atoms with van der Waals surface area (Å²) in [4.78, 5) is 10.5. The first-order valence-electron chi connectivity index (χ1n) is 5.45. The monoisotopic (exact) mass is 232 g/mol. The van der Waals surface area contributed by atoms with Gasteiger partial charge in [0.1, 0.15) is 5.75 Å². The normalized spacial score (nSPS) is 10.7. The van der Waals surface area contributed by atoms with Crippen molar-refractivity contribution in [1.82, 2.24) is 4.57 Å². The first kappa shape index (κ1) is 11.5. The molecule has 2 rings (SSSR count). The van der Waals surface area contributed by atoms with Crippen LogP contribution in [0.4, 0.5) is 0 Å². The number of hydrogen-bond acceptors (Lipinski definition) is 3. The van der Waals surface area contributed by atoms with Crippen LogP contribution in [0.15, 0.2) is 24.3 Å². The van der Waals surface area contributed by atoms with Crippen molar-refractivity contribution in [2.75, 3.05) is 7.11 Å². The Kier molecular flexibility index (Phi) is 3.04. The molecule has 0 saturated heterocycles. The number of carboxylic acid groups (broad SMARTS) is 1. The van der Waals surface area contributed by atoms with Crippen LogP contribution >= 0.6 is 0 Å². The van der Waals surface area contributed by atoms with Gasteiger partial charge in [-0.25, -0.2) is 0 Å². The predicted molar refractivity (Wildman–Crippen MR) is 62.9 cm³/mol. The van der Waals surface area contributed by atoms with Gasteiger partial charge in [0.15, 0.2) is 0 Å². The van der Waals surface area contributed by atoms with Crippen LogP contribution in [0.5, 0.6) is 5.75 Å². The first-order chi connectivity index (χ1) is 8.11. The molecule has 0 atom stereocenters. The number of hydrogen-bond donors (Lipinski definition) is 0. The third-order valence-electron chi connectivity index (χ3n) is 2.86. The lowest BCUT2D eigenvalue weighted by Crippen LogP contribution is -2.23. The number of methoxy groups -OCH3 is 1. The number of nitrogens with zero attached hydrogens (tertiary/aromatic N) is 1. The fourth-order valence-corrected chi connectivity index (χ4v) is 2.01. The lowest BCUT2D eigenvalue weighted by atomic mass is 10.2. The molecule has 0 aliphatic heterocycles. The SMILES string of the molecule is COc1ccc2c(c1)cc(C)n2CCC(=O)[O-]. The summed E-state index contributed by atoms with van der Waals surface area (Å²) in [5.41, 5.74) is 2.05. The highest BCUT2D eigenvalue weighted by atomic mass is 16.5. The van der Waals surface area contributed by atoms with E-state index in [4.69, 9.17) is 4.74 Å². The molecule has 0 amide bonds. The van der Waals surface area contributed by atoms with Gasteiger partial charge in [-0.15, -0.1) is 0 Å². The summed E-state index contributed by atoms with van der Waals surface area (Å²) >= 11 is 0. The second-order valence-corrected chi connectivity index (χ2v) is 3.98. The zero-order chi connectivity index (χ0) is 12.4. The maximum absolute atomic E-state index is 10.5. The Hall–Kier alpha value is -1.97. The number of rotatable bonds is 4. The van der Waals surface area contributed by atoms with E-state index >= 15 is 0 Å². The summed E-state index contributed by atoms with van der Waals surface area (Å²) in [5, 5.41) is 11.6. The number of fused-ring (bicyclic) bond motifs is 1. The van der Waals surface area contributed by atoms with Crippen LogP contribution in [-0.2, 0) is 11.3 Å². The Bertz CT molecular complexity index is 557. The summed E-state index contributed by atoms with van der Waals surface area (Å²) in [6, 6.07) is 7.78. The maximum Gasteiger partial charge on any atom is 0.119 e. The topological polar surface area (TPSA) is 54.3 Å². The van der Waals surface area contributed by atoms with Crippen LogP contribution in [0.25, 0.3) is 10.9 Å². The van der Waals surface area contributed by atoms with Gasteiger partial charge in [-0.1, -0.05) is 0 Å². The molecular weight excluding hydrogens is 218 g/mol. The van der Waals surface area contributed by atoms with Gasteiger partial charge >= 0.3 is 0 Å². The molecule has 90 valence electrons. The van der Waals surface area contributed by atoms with Crippen molar-refractivity contribution < 1.29 is 14.6 Å². The molecular formula is C13H14NO3-. The standard InChI is InChI=1S/C13H15NO3/c1-9-7-10-8-11(17-2)3-4-12(10)14(9)6-5-13(15)16/h3-4,7-8H,5-6H2,1-2H3,(H,15,16)/p-1. The van der Waals surface area contributed by atoms with E-state index in [0.717, 1.165) is 22.3 Å². The quantitative estimate of drug-likeness (QED) is 0.793. The van der Waals surface area contributed by atoms with E-state index in [1.807, 2.05) is 35.8 Å². The Morgan fingerprint density at radius 3 is 2.82 bits per heavy atom. The molecule has 4 heteroatoms. The molecule has 0 saturated carbocycles. The number of carbonyl (C=O) groups excluding carboxylic acids is 1. The van der Waals surface area contributed by atoms with Crippen molar-refractivity contribution in [3.8, 4) is 5.75 Å². The van der Waals surface area contributed by atoms with Crippen molar-refractivity contribution in [2.45, 2.75) is 19.9 Å². The number of carbonyl (C=O) groups is 1. The second kappa shape index (κ2) is 4.49. The molecule has 0 aliphatic rings. The molecule has 2 aromatic rings. The van der Waals surface area contributed by atoms with Gasteiger partial charge in [-0.3, -0.25) is 0 Å². The molecule has 17 heavy (non-hydrogen) atoms. The van der Waals surface area contributed by atoms with Crippen LogP contribution in [0, 0.1) is 6.92 Å². The largest absolute Gasteiger partial charge is 0.550 e.